The third-order valence-corrected chi connectivity index (χ3v) is 2.52. The summed E-state index contributed by atoms with van der Waals surface area (Å²) >= 11 is 0. The van der Waals surface area contributed by atoms with Crippen molar-refractivity contribution in [1.82, 2.24) is 4.90 Å². The quantitative estimate of drug-likeness (QED) is 0.710. The van der Waals surface area contributed by atoms with E-state index in [-0.39, 0.29) is 18.0 Å². The molecule has 4 heteroatoms. The third kappa shape index (κ3) is 2.09. The van der Waals surface area contributed by atoms with Gasteiger partial charge in [0.15, 0.2) is 0 Å². The van der Waals surface area contributed by atoms with E-state index in [1.54, 1.807) is 19.2 Å². The topological polar surface area (TPSA) is 29.5 Å². The highest BCUT2D eigenvalue weighted by atomic mass is 19.1. The summed E-state index contributed by atoms with van der Waals surface area (Å²) in [6.45, 7) is 0.668. The molecule has 3 nitrogen and oxygen atoms in total. The van der Waals surface area contributed by atoms with Crippen LogP contribution >= 0.6 is 0 Å². The van der Waals surface area contributed by atoms with Crippen molar-refractivity contribution < 1.29 is 13.9 Å². The van der Waals surface area contributed by atoms with Crippen molar-refractivity contribution in [2.45, 2.75) is 12.5 Å². The number of ether oxygens (including phenoxy) is 1. The van der Waals surface area contributed by atoms with Gasteiger partial charge in [-0.3, -0.25) is 0 Å². The SMILES string of the molecule is CN1CC[C@@H](c2ccc(F)cc2)OC1=O. The fourth-order valence-electron chi connectivity index (χ4n) is 1.58. The normalized spacial score (nSPS) is 21.3. The zero-order chi connectivity index (χ0) is 10.8. The standard InChI is InChI=1S/C11H12FNO2/c1-13-7-6-10(15-11(13)14)8-2-4-9(12)5-3-8/h2-5,10H,6-7H2,1H3/t10-/m0/s1. The lowest BCUT2D eigenvalue weighted by Crippen LogP contribution is -2.35. The second kappa shape index (κ2) is 3.88. The van der Waals surface area contributed by atoms with Crippen LogP contribution in [0.15, 0.2) is 24.3 Å². The second-order valence-corrected chi connectivity index (χ2v) is 3.63. The molecular weight excluding hydrogens is 197 g/mol. The van der Waals surface area contributed by atoms with Gasteiger partial charge in [0, 0.05) is 20.0 Å². The minimum absolute atomic E-state index is 0.241. The monoisotopic (exact) mass is 209 g/mol. The van der Waals surface area contributed by atoms with Crippen molar-refractivity contribution in [2.24, 2.45) is 0 Å². The molecule has 1 fully saturated rings. The Hall–Kier alpha value is -1.58. The molecule has 15 heavy (non-hydrogen) atoms. The van der Waals surface area contributed by atoms with Crippen molar-refractivity contribution in [3.05, 3.63) is 35.6 Å². The summed E-state index contributed by atoms with van der Waals surface area (Å²) in [4.78, 5) is 12.8. The molecule has 1 aliphatic rings. The smallest absolute Gasteiger partial charge is 0.410 e. The van der Waals surface area contributed by atoms with Gasteiger partial charge in [0.05, 0.1) is 0 Å². The highest BCUT2D eigenvalue weighted by molar-refractivity contribution is 5.68. The zero-order valence-electron chi connectivity index (χ0n) is 8.44. The first-order valence-corrected chi connectivity index (χ1v) is 4.84. The van der Waals surface area contributed by atoms with Gasteiger partial charge in [0.1, 0.15) is 11.9 Å². The Morgan fingerprint density at radius 3 is 2.67 bits per heavy atom. The van der Waals surface area contributed by atoms with E-state index in [9.17, 15) is 9.18 Å². The van der Waals surface area contributed by atoms with E-state index in [4.69, 9.17) is 4.74 Å². The Labute approximate surface area is 87.5 Å². The first-order chi connectivity index (χ1) is 7.16. The first kappa shape index (κ1) is 9.96. The van der Waals surface area contributed by atoms with E-state index >= 15 is 0 Å². The van der Waals surface area contributed by atoms with Gasteiger partial charge in [-0.05, 0) is 17.7 Å². The Bertz CT molecular complexity index is 363. The fourth-order valence-corrected chi connectivity index (χ4v) is 1.58. The molecule has 0 radical (unpaired) electrons. The van der Waals surface area contributed by atoms with Crippen LogP contribution < -0.4 is 0 Å². The predicted octanol–water partition coefficient (Wildman–Crippen LogP) is 2.34. The molecule has 1 aliphatic heterocycles. The maximum atomic E-state index is 12.7. The molecule has 1 amide bonds. The molecule has 80 valence electrons. The van der Waals surface area contributed by atoms with Crippen LogP contribution in [0.5, 0.6) is 0 Å². The van der Waals surface area contributed by atoms with Crippen LogP contribution in [0.2, 0.25) is 0 Å². The summed E-state index contributed by atoms with van der Waals surface area (Å²) in [6.07, 6.45) is 0.179. The van der Waals surface area contributed by atoms with Gasteiger partial charge in [-0.15, -0.1) is 0 Å². The van der Waals surface area contributed by atoms with Crippen LogP contribution in [-0.2, 0) is 4.74 Å². The van der Waals surface area contributed by atoms with E-state index in [1.165, 1.54) is 17.0 Å². The van der Waals surface area contributed by atoms with Gasteiger partial charge < -0.3 is 9.64 Å². The van der Waals surface area contributed by atoms with Crippen molar-refractivity contribution in [3.63, 3.8) is 0 Å². The maximum absolute atomic E-state index is 12.7. The summed E-state index contributed by atoms with van der Waals surface area (Å²) in [6, 6.07) is 6.06. The number of rotatable bonds is 1. The molecule has 1 heterocycles. The number of hydrogen-bond acceptors (Lipinski definition) is 2. The summed E-state index contributed by atoms with van der Waals surface area (Å²) in [5, 5.41) is 0. The van der Waals surface area contributed by atoms with Crippen LogP contribution in [0, 0.1) is 5.82 Å². The third-order valence-electron chi connectivity index (χ3n) is 2.52. The number of carbonyl (C=O) groups is 1. The van der Waals surface area contributed by atoms with Crippen molar-refractivity contribution in [3.8, 4) is 0 Å². The van der Waals surface area contributed by atoms with Gasteiger partial charge >= 0.3 is 6.09 Å². The molecule has 0 aliphatic carbocycles. The van der Waals surface area contributed by atoms with Gasteiger partial charge in [-0.2, -0.15) is 0 Å². The van der Waals surface area contributed by atoms with Crippen LogP contribution in [0.4, 0.5) is 9.18 Å². The average molecular weight is 209 g/mol. The summed E-state index contributed by atoms with van der Waals surface area (Å²) in [5.74, 6) is -0.280. The summed E-state index contributed by atoms with van der Waals surface area (Å²) < 4.78 is 17.9. The summed E-state index contributed by atoms with van der Waals surface area (Å²) in [7, 11) is 1.70. The number of amides is 1. The number of nitrogens with zero attached hydrogens (tertiary/aromatic N) is 1. The Morgan fingerprint density at radius 2 is 2.07 bits per heavy atom. The minimum atomic E-state index is -0.324. The van der Waals surface area contributed by atoms with Crippen LogP contribution in [0.1, 0.15) is 18.1 Å². The van der Waals surface area contributed by atoms with E-state index in [0.29, 0.717) is 6.54 Å². The molecule has 1 atom stereocenters. The Morgan fingerprint density at radius 1 is 1.40 bits per heavy atom. The molecule has 1 saturated heterocycles. The lowest BCUT2D eigenvalue weighted by atomic mass is 10.1. The molecule has 0 saturated carbocycles. The van der Waals surface area contributed by atoms with Crippen molar-refractivity contribution in [1.29, 1.82) is 0 Å². The van der Waals surface area contributed by atoms with Crippen LogP contribution in [0.3, 0.4) is 0 Å². The molecule has 1 aromatic carbocycles. The molecule has 1 aromatic rings. The van der Waals surface area contributed by atoms with Crippen molar-refractivity contribution in [2.75, 3.05) is 13.6 Å². The lowest BCUT2D eigenvalue weighted by molar-refractivity contribution is 0.0324. The number of cyclic esters (lactones) is 1. The van der Waals surface area contributed by atoms with E-state index in [2.05, 4.69) is 0 Å². The van der Waals surface area contributed by atoms with E-state index in [1.807, 2.05) is 0 Å². The van der Waals surface area contributed by atoms with Gasteiger partial charge in [0.2, 0.25) is 0 Å². The highest BCUT2D eigenvalue weighted by Gasteiger charge is 2.25. The highest BCUT2D eigenvalue weighted by Crippen LogP contribution is 2.25. The largest absolute Gasteiger partial charge is 0.441 e. The Balaban J connectivity index is 2.12. The molecule has 0 spiro atoms. The van der Waals surface area contributed by atoms with Gasteiger partial charge in [-0.1, -0.05) is 12.1 Å². The van der Waals surface area contributed by atoms with Crippen LogP contribution in [-0.4, -0.2) is 24.6 Å². The molecule has 2 rings (SSSR count). The van der Waals surface area contributed by atoms with Gasteiger partial charge in [-0.25, -0.2) is 9.18 Å². The first-order valence-electron chi connectivity index (χ1n) is 4.84. The van der Waals surface area contributed by atoms with Gasteiger partial charge in [0.25, 0.3) is 0 Å². The number of benzene rings is 1. The number of halogens is 1. The minimum Gasteiger partial charge on any atom is -0.441 e. The molecule has 0 unspecified atom stereocenters. The molecule has 0 aromatic heterocycles. The fraction of sp³-hybridized carbons (Fsp3) is 0.364. The maximum Gasteiger partial charge on any atom is 0.410 e. The molecular formula is C11H12FNO2. The predicted molar refractivity (Wildman–Crippen MR) is 52.9 cm³/mol. The number of hydrogen-bond donors (Lipinski definition) is 0. The molecule has 0 bridgehead atoms. The number of carbonyl (C=O) groups excluding carboxylic acids is 1. The molecule has 0 N–H and O–H groups in total. The zero-order valence-corrected chi connectivity index (χ0v) is 8.44. The van der Waals surface area contributed by atoms with E-state index < -0.39 is 0 Å². The average Bonchev–Trinajstić information content (AvgIpc) is 2.23. The summed E-state index contributed by atoms with van der Waals surface area (Å²) in [5.41, 5.74) is 0.845. The second-order valence-electron chi connectivity index (χ2n) is 3.63. The lowest BCUT2D eigenvalue weighted by Gasteiger charge is -2.29. The van der Waals surface area contributed by atoms with Crippen molar-refractivity contribution >= 4 is 6.09 Å². The van der Waals surface area contributed by atoms with E-state index in [0.717, 1.165) is 12.0 Å². The van der Waals surface area contributed by atoms with Crippen LogP contribution in [0.25, 0.3) is 0 Å². The Kier molecular flexibility index (Phi) is 2.58.